The molecule has 0 N–H and O–H groups in total. The number of para-hydroxylation sites is 1. The first-order valence-electron chi connectivity index (χ1n) is 11.7. The van der Waals surface area contributed by atoms with Gasteiger partial charge in [0.1, 0.15) is 12.0 Å². The van der Waals surface area contributed by atoms with Crippen LogP contribution in [0, 0.1) is 0 Å². The summed E-state index contributed by atoms with van der Waals surface area (Å²) in [5.74, 6) is 2.37. The van der Waals surface area contributed by atoms with Gasteiger partial charge in [-0.25, -0.2) is 4.98 Å². The van der Waals surface area contributed by atoms with Crippen molar-refractivity contribution < 1.29 is 23.4 Å². The molecule has 0 saturated heterocycles. The van der Waals surface area contributed by atoms with Crippen LogP contribution in [0.1, 0.15) is 35.0 Å². The molecule has 0 bridgehead atoms. The predicted octanol–water partition coefficient (Wildman–Crippen LogP) is 6.19. The average Bonchev–Trinajstić information content (AvgIpc) is 3.37. The number of aryl methyl sites for hydroxylation is 1. The topological polar surface area (TPSA) is 70.8 Å². The van der Waals surface area contributed by atoms with Crippen LogP contribution in [-0.4, -0.2) is 31.1 Å². The molecule has 0 aliphatic heterocycles. The summed E-state index contributed by atoms with van der Waals surface area (Å²) in [5.41, 5.74) is 3.29. The van der Waals surface area contributed by atoms with Crippen LogP contribution in [0.15, 0.2) is 83.5 Å². The molecule has 0 spiro atoms. The molecular weight excluding hydrogens is 442 g/mol. The van der Waals surface area contributed by atoms with E-state index in [0.717, 1.165) is 12.0 Å². The summed E-state index contributed by atoms with van der Waals surface area (Å²) in [6.07, 6.45) is 3.17. The van der Waals surface area contributed by atoms with Gasteiger partial charge in [0.2, 0.25) is 5.89 Å². The third-order valence-electron chi connectivity index (χ3n) is 5.55. The maximum atomic E-state index is 12.7. The molecule has 35 heavy (non-hydrogen) atoms. The van der Waals surface area contributed by atoms with Crippen LogP contribution in [0.3, 0.4) is 0 Å². The van der Waals surface area contributed by atoms with Crippen molar-refractivity contribution in [2.24, 2.45) is 0 Å². The van der Waals surface area contributed by atoms with E-state index in [2.05, 4.69) is 17.1 Å². The summed E-state index contributed by atoms with van der Waals surface area (Å²) in [7, 11) is 1.61. The Balaban J connectivity index is 1.40. The number of aromatic nitrogens is 1. The summed E-state index contributed by atoms with van der Waals surface area (Å²) >= 11 is 0. The van der Waals surface area contributed by atoms with Gasteiger partial charge in [-0.1, -0.05) is 42.5 Å². The van der Waals surface area contributed by atoms with Crippen molar-refractivity contribution in [1.82, 2.24) is 4.98 Å². The summed E-state index contributed by atoms with van der Waals surface area (Å²) in [6.45, 7) is 2.93. The minimum Gasteiger partial charge on any atom is -0.493 e. The van der Waals surface area contributed by atoms with Gasteiger partial charge in [-0.3, -0.25) is 4.79 Å². The number of nitrogens with zero attached hydrogens (tertiary/aromatic N) is 1. The Labute approximate surface area is 205 Å². The van der Waals surface area contributed by atoms with Crippen LogP contribution in [0.2, 0.25) is 0 Å². The van der Waals surface area contributed by atoms with Gasteiger partial charge in [0.25, 0.3) is 0 Å². The number of ketones is 1. The SMILES string of the molecule is CCOc1ccccc1C(=O)CCc1coc(-c2ccc(OC)c(OCCc3ccccc3)c2)n1. The fourth-order valence-electron chi connectivity index (χ4n) is 3.76. The number of Topliss-reactive ketones (excluding diaryl/α,β-unsaturated/α-hetero) is 1. The normalized spacial score (nSPS) is 10.7. The number of hydrogen-bond donors (Lipinski definition) is 0. The van der Waals surface area contributed by atoms with Gasteiger partial charge in [0.05, 0.1) is 31.6 Å². The molecule has 4 aromatic rings. The highest BCUT2D eigenvalue weighted by Gasteiger charge is 2.15. The number of carbonyl (C=O) groups is 1. The van der Waals surface area contributed by atoms with Crippen molar-refractivity contribution in [2.75, 3.05) is 20.3 Å². The fraction of sp³-hybridized carbons (Fsp3) is 0.241. The molecule has 0 amide bonds. The molecule has 6 heteroatoms. The second kappa shape index (κ2) is 11.9. The van der Waals surface area contributed by atoms with Crippen LogP contribution in [-0.2, 0) is 12.8 Å². The lowest BCUT2D eigenvalue weighted by Gasteiger charge is -2.11. The number of benzene rings is 3. The standard InChI is InChI=1S/C29H29NO5/c1-3-33-26-12-8-7-11-24(26)25(31)15-14-23-20-35-29(30-23)22-13-16-27(32-2)28(19-22)34-18-17-21-9-5-4-6-10-21/h4-13,16,19-20H,3,14-15,17-18H2,1-2H3. The van der Waals surface area contributed by atoms with Crippen LogP contribution in [0.5, 0.6) is 17.2 Å². The zero-order valence-electron chi connectivity index (χ0n) is 20.0. The molecule has 6 nitrogen and oxygen atoms in total. The Morgan fingerprint density at radius 1 is 0.886 bits per heavy atom. The van der Waals surface area contributed by atoms with Gasteiger partial charge in [0, 0.05) is 24.8 Å². The molecule has 4 rings (SSSR count). The van der Waals surface area contributed by atoms with E-state index in [0.29, 0.717) is 60.5 Å². The first-order chi connectivity index (χ1) is 17.2. The average molecular weight is 472 g/mol. The molecule has 0 radical (unpaired) electrons. The predicted molar refractivity (Wildman–Crippen MR) is 134 cm³/mol. The molecule has 0 aliphatic rings. The van der Waals surface area contributed by atoms with Gasteiger partial charge >= 0.3 is 0 Å². The number of oxazole rings is 1. The number of ether oxygens (including phenoxy) is 3. The van der Waals surface area contributed by atoms with Crippen molar-refractivity contribution in [3.8, 4) is 28.7 Å². The van der Waals surface area contributed by atoms with E-state index in [1.54, 1.807) is 19.4 Å². The summed E-state index contributed by atoms with van der Waals surface area (Å²) in [6, 6.07) is 23.1. The van der Waals surface area contributed by atoms with Crippen LogP contribution < -0.4 is 14.2 Å². The lowest BCUT2D eigenvalue weighted by molar-refractivity contribution is 0.0979. The molecule has 0 aliphatic carbocycles. The quantitative estimate of drug-likeness (QED) is 0.230. The van der Waals surface area contributed by atoms with Gasteiger partial charge in [-0.15, -0.1) is 0 Å². The fourth-order valence-corrected chi connectivity index (χ4v) is 3.76. The van der Waals surface area contributed by atoms with Crippen molar-refractivity contribution >= 4 is 5.78 Å². The van der Waals surface area contributed by atoms with E-state index in [1.165, 1.54) is 5.56 Å². The van der Waals surface area contributed by atoms with Crippen molar-refractivity contribution in [2.45, 2.75) is 26.2 Å². The summed E-state index contributed by atoms with van der Waals surface area (Å²) < 4.78 is 22.8. The largest absolute Gasteiger partial charge is 0.493 e. The Bertz CT molecular complexity index is 1250. The van der Waals surface area contributed by atoms with Crippen LogP contribution >= 0.6 is 0 Å². The van der Waals surface area contributed by atoms with Crippen molar-refractivity contribution in [3.05, 3.63) is 95.9 Å². The highest BCUT2D eigenvalue weighted by Crippen LogP contribution is 2.32. The molecule has 3 aromatic carbocycles. The van der Waals surface area contributed by atoms with E-state index in [9.17, 15) is 4.79 Å². The first-order valence-corrected chi connectivity index (χ1v) is 11.7. The molecule has 0 unspecified atom stereocenters. The monoisotopic (exact) mass is 471 g/mol. The zero-order chi connectivity index (χ0) is 24.5. The zero-order valence-corrected chi connectivity index (χ0v) is 20.0. The summed E-state index contributed by atoms with van der Waals surface area (Å²) in [4.78, 5) is 17.3. The minimum atomic E-state index is 0.0112. The van der Waals surface area contributed by atoms with Gasteiger partial charge < -0.3 is 18.6 Å². The van der Waals surface area contributed by atoms with E-state index >= 15 is 0 Å². The maximum absolute atomic E-state index is 12.7. The third kappa shape index (κ3) is 6.29. The second-order valence-corrected chi connectivity index (χ2v) is 7.95. The minimum absolute atomic E-state index is 0.0112. The van der Waals surface area contributed by atoms with E-state index in [4.69, 9.17) is 18.6 Å². The molecule has 180 valence electrons. The lowest BCUT2D eigenvalue weighted by atomic mass is 10.0. The molecular formula is C29H29NO5. The molecule has 0 fully saturated rings. The lowest BCUT2D eigenvalue weighted by Crippen LogP contribution is -2.05. The highest BCUT2D eigenvalue weighted by atomic mass is 16.5. The van der Waals surface area contributed by atoms with Crippen LogP contribution in [0.25, 0.3) is 11.5 Å². The Morgan fingerprint density at radius 3 is 2.49 bits per heavy atom. The Morgan fingerprint density at radius 2 is 1.69 bits per heavy atom. The smallest absolute Gasteiger partial charge is 0.226 e. The van der Waals surface area contributed by atoms with E-state index < -0.39 is 0 Å². The van der Waals surface area contributed by atoms with E-state index in [-0.39, 0.29) is 5.78 Å². The number of carbonyl (C=O) groups excluding carboxylic acids is 1. The molecule has 0 atom stereocenters. The second-order valence-electron chi connectivity index (χ2n) is 7.95. The first kappa shape index (κ1) is 24.1. The third-order valence-corrected chi connectivity index (χ3v) is 5.55. The highest BCUT2D eigenvalue weighted by molar-refractivity contribution is 5.98. The van der Waals surface area contributed by atoms with Gasteiger partial charge in [-0.05, 0) is 42.8 Å². The molecule has 0 saturated carbocycles. The van der Waals surface area contributed by atoms with Crippen molar-refractivity contribution in [1.29, 1.82) is 0 Å². The van der Waals surface area contributed by atoms with Gasteiger partial charge in [0.15, 0.2) is 17.3 Å². The summed E-state index contributed by atoms with van der Waals surface area (Å²) in [5, 5.41) is 0. The Hall–Kier alpha value is -4.06. The van der Waals surface area contributed by atoms with Crippen LogP contribution in [0.4, 0.5) is 0 Å². The molecule has 1 heterocycles. The van der Waals surface area contributed by atoms with Gasteiger partial charge in [-0.2, -0.15) is 0 Å². The maximum Gasteiger partial charge on any atom is 0.226 e. The Kier molecular flexibility index (Phi) is 8.17. The molecule has 1 aromatic heterocycles. The number of methoxy groups -OCH3 is 1. The number of hydrogen-bond acceptors (Lipinski definition) is 6. The van der Waals surface area contributed by atoms with E-state index in [1.807, 2.05) is 61.5 Å². The number of rotatable bonds is 12. The van der Waals surface area contributed by atoms with Crippen molar-refractivity contribution in [3.63, 3.8) is 0 Å².